The van der Waals surface area contributed by atoms with E-state index in [1.807, 2.05) is 0 Å². The highest BCUT2D eigenvalue weighted by molar-refractivity contribution is 9.09. The molecule has 2 rings (SSSR count). The van der Waals surface area contributed by atoms with Crippen LogP contribution in [0, 0.1) is 0 Å². The summed E-state index contributed by atoms with van der Waals surface area (Å²) < 4.78 is 0. The highest BCUT2D eigenvalue weighted by atomic mass is 79.9. The minimum absolute atomic E-state index is 0.936. The van der Waals surface area contributed by atoms with Crippen LogP contribution >= 0.6 is 63.7 Å². The smallest absolute Gasteiger partial charge is 0.0285 e. The number of hydrogen-bond donors (Lipinski definition) is 0. The fraction of sp³-hybridized carbons (Fsp3) is 0.500. The maximum absolute atomic E-state index is 3.64. The fourth-order valence-electron chi connectivity index (χ4n) is 3.60. The maximum Gasteiger partial charge on any atom is 0.0285 e. The van der Waals surface area contributed by atoms with E-state index in [-0.39, 0.29) is 0 Å². The first-order valence-corrected chi connectivity index (χ1v) is 14.7. The summed E-state index contributed by atoms with van der Waals surface area (Å²) in [7, 11) is 0. The van der Waals surface area contributed by atoms with Crippen LogP contribution in [0.1, 0.15) is 71.9 Å². The molecule has 0 saturated heterocycles. The van der Waals surface area contributed by atoms with Gasteiger partial charge in [-0.3, -0.25) is 0 Å². The molecule has 2 aromatic carbocycles. The fourth-order valence-corrected chi connectivity index (χ4v) is 5.34. The van der Waals surface area contributed by atoms with Crippen molar-refractivity contribution in [3.63, 3.8) is 0 Å². The maximum atomic E-state index is 3.64. The Labute approximate surface area is 204 Å². The zero-order valence-electron chi connectivity index (χ0n) is 16.5. The predicted molar refractivity (Wildman–Crippen MR) is 139 cm³/mol. The number of halogens is 4. The Balaban J connectivity index is 1.63. The Kier molecular flexibility index (Phi) is 12.6. The van der Waals surface area contributed by atoms with Gasteiger partial charge >= 0.3 is 0 Å². The van der Waals surface area contributed by atoms with Crippen LogP contribution in [0.3, 0.4) is 0 Å². The molecule has 0 aliphatic rings. The van der Waals surface area contributed by atoms with Gasteiger partial charge < -0.3 is 0 Å². The number of alkyl halides is 4. The van der Waals surface area contributed by atoms with Crippen LogP contribution in [0.2, 0.25) is 0 Å². The van der Waals surface area contributed by atoms with Gasteiger partial charge in [-0.2, -0.15) is 0 Å². The summed E-state index contributed by atoms with van der Waals surface area (Å²) in [6.07, 6.45) is 10.4. The highest BCUT2D eigenvalue weighted by Gasteiger charge is 2.05. The molecule has 28 heavy (non-hydrogen) atoms. The van der Waals surface area contributed by atoms with Crippen LogP contribution < -0.4 is 0 Å². The standard InChI is InChI=1S/C24H30Br4/c25-15-19-9-11-21(23(13-19)17-27)7-5-3-1-2-4-6-8-22-12-10-20(16-26)14-24(22)18-28/h9-14H,1-8,15-18H2. The minimum Gasteiger partial charge on any atom is -0.0876 e. The quantitative estimate of drug-likeness (QED) is 0.152. The van der Waals surface area contributed by atoms with E-state index in [0.29, 0.717) is 0 Å². The van der Waals surface area contributed by atoms with Crippen LogP contribution in [0.5, 0.6) is 0 Å². The molecule has 0 aromatic heterocycles. The molecule has 0 aliphatic carbocycles. The summed E-state index contributed by atoms with van der Waals surface area (Å²) in [5, 5.41) is 3.78. The van der Waals surface area contributed by atoms with Crippen molar-refractivity contribution in [3.05, 3.63) is 69.8 Å². The average molecular weight is 638 g/mol. The van der Waals surface area contributed by atoms with Crippen molar-refractivity contribution < 1.29 is 0 Å². The van der Waals surface area contributed by atoms with Gasteiger partial charge in [0, 0.05) is 21.3 Å². The Morgan fingerprint density at radius 1 is 0.429 bits per heavy atom. The molecule has 0 amide bonds. The molecule has 0 saturated carbocycles. The molecule has 154 valence electrons. The lowest BCUT2D eigenvalue weighted by Crippen LogP contribution is -1.95. The van der Waals surface area contributed by atoms with E-state index in [0.717, 1.165) is 21.3 Å². The normalized spacial score (nSPS) is 11.1. The van der Waals surface area contributed by atoms with Crippen molar-refractivity contribution >= 4 is 63.7 Å². The van der Waals surface area contributed by atoms with Gasteiger partial charge in [-0.05, 0) is 59.1 Å². The lowest BCUT2D eigenvalue weighted by atomic mass is 9.98. The van der Waals surface area contributed by atoms with Crippen molar-refractivity contribution in [2.75, 3.05) is 0 Å². The Morgan fingerprint density at radius 3 is 1.18 bits per heavy atom. The molecule has 0 bridgehead atoms. The first kappa shape index (κ1) is 24.6. The third-order valence-corrected chi connectivity index (χ3v) is 7.78. The first-order valence-electron chi connectivity index (χ1n) is 10.2. The molecule has 4 heteroatoms. The summed E-state index contributed by atoms with van der Waals surface area (Å²) in [5.41, 5.74) is 8.65. The summed E-state index contributed by atoms with van der Waals surface area (Å²) >= 11 is 14.4. The Morgan fingerprint density at radius 2 is 0.821 bits per heavy atom. The summed E-state index contributed by atoms with van der Waals surface area (Å²) in [6, 6.07) is 13.8. The summed E-state index contributed by atoms with van der Waals surface area (Å²) in [5.74, 6) is 0. The number of unbranched alkanes of at least 4 members (excludes halogenated alkanes) is 5. The van der Waals surface area contributed by atoms with E-state index in [9.17, 15) is 0 Å². The third-order valence-electron chi connectivity index (χ3n) is 5.28. The average Bonchev–Trinajstić information content (AvgIpc) is 2.75. The van der Waals surface area contributed by atoms with Crippen molar-refractivity contribution in [1.82, 2.24) is 0 Å². The van der Waals surface area contributed by atoms with Gasteiger partial charge in [0.1, 0.15) is 0 Å². The van der Waals surface area contributed by atoms with E-state index in [1.54, 1.807) is 0 Å². The van der Waals surface area contributed by atoms with Crippen LogP contribution in [-0.4, -0.2) is 0 Å². The van der Waals surface area contributed by atoms with Crippen LogP contribution in [0.4, 0.5) is 0 Å². The molecule has 0 unspecified atom stereocenters. The molecule has 0 radical (unpaired) electrons. The van der Waals surface area contributed by atoms with Crippen molar-refractivity contribution in [2.24, 2.45) is 0 Å². The number of hydrogen-bond acceptors (Lipinski definition) is 0. The van der Waals surface area contributed by atoms with Crippen molar-refractivity contribution in [3.8, 4) is 0 Å². The molecule has 0 aliphatic heterocycles. The Bertz CT molecular complexity index is 650. The topological polar surface area (TPSA) is 0 Å². The van der Waals surface area contributed by atoms with E-state index < -0.39 is 0 Å². The van der Waals surface area contributed by atoms with E-state index >= 15 is 0 Å². The third kappa shape index (κ3) is 8.24. The summed E-state index contributed by atoms with van der Waals surface area (Å²) in [6.45, 7) is 0. The van der Waals surface area contributed by atoms with Crippen LogP contribution in [-0.2, 0) is 34.2 Å². The zero-order chi connectivity index (χ0) is 20.2. The highest BCUT2D eigenvalue weighted by Crippen LogP contribution is 2.21. The lowest BCUT2D eigenvalue weighted by molar-refractivity contribution is 0.593. The second-order valence-corrected chi connectivity index (χ2v) is 9.60. The number of benzene rings is 2. The lowest BCUT2D eigenvalue weighted by Gasteiger charge is -2.10. The van der Waals surface area contributed by atoms with Gasteiger partial charge in [0.15, 0.2) is 0 Å². The molecule has 0 heterocycles. The number of aryl methyl sites for hydroxylation is 2. The van der Waals surface area contributed by atoms with Gasteiger partial charge in [0.05, 0.1) is 0 Å². The van der Waals surface area contributed by atoms with Crippen molar-refractivity contribution in [2.45, 2.75) is 72.7 Å². The molecular formula is C24H30Br4. The summed E-state index contributed by atoms with van der Waals surface area (Å²) in [4.78, 5) is 0. The van der Waals surface area contributed by atoms with E-state index in [2.05, 4.69) is 100 Å². The van der Waals surface area contributed by atoms with Crippen molar-refractivity contribution in [1.29, 1.82) is 0 Å². The SMILES string of the molecule is BrCc1ccc(CCCCCCCCc2ccc(CBr)cc2CBr)c(CBr)c1. The van der Waals surface area contributed by atoms with E-state index in [4.69, 9.17) is 0 Å². The largest absolute Gasteiger partial charge is 0.0876 e. The zero-order valence-corrected chi connectivity index (χ0v) is 22.8. The number of rotatable bonds is 13. The van der Waals surface area contributed by atoms with Gasteiger partial charge in [-0.1, -0.05) is 126 Å². The van der Waals surface area contributed by atoms with Crippen LogP contribution in [0.15, 0.2) is 36.4 Å². The second kappa shape index (κ2) is 14.4. The minimum atomic E-state index is 0.936. The van der Waals surface area contributed by atoms with Gasteiger partial charge in [0.25, 0.3) is 0 Å². The van der Waals surface area contributed by atoms with Gasteiger partial charge in [0.2, 0.25) is 0 Å². The molecule has 0 atom stereocenters. The monoisotopic (exact) mass is 634 g/mol. The molecule has 0 spiro atoms. The van der Waals surface area contributed by atoms with Gasteiger partial charge in [-0.25, -0.2) is 0 Å². The molecule has 0 nitrogen and oxygen atoms in total. The second-order valence-electron chi connectivity index (χ2n) is 7.36. The predicted octanol–water partition coefficient (Wildman–Crippen LogP) is 9.39. The Hall–Kier alpha value is 0.360. The molecule has 2 aromatic rings. The van der Waals surface area contributed by atoms with Crippen LogP contribution in [0.25, 0.3) is 0 Å². The molecule has 0 fully saturated rings. The van der Waals surface area contributed by atoms with Gasteiger partial charge in [-0.15, -0.1) is 0 Å². The molecule has 0 N–H and O–H groups in total. The molecular weight excluding hydrogens is 608 g/mol. The first-order chi connectivity index (χ1) is 13.7. The van der Waals surface area contributed by atoms with E-state index in [1.165, 1.54) is 84.7 Å².